The van der Waals surface area contributed by atoms with Gasteiger partial charge >= 0.3 is 12.0 Å². The molecule has 1 unspecified atom stereocenters. The molecule has 0 radical (unpaired) electrons. The molecule has 2 aromatic rings. The van der Waals surface area contributed by atoms with E-state index in [1.54, 1.807) is 37.3 Å². The molecular weight excluding hydrogens is 427 g/mol. The Morgan fingerprint density at radius 1 is 1.17 bits per heavy atom. The van der Waals surface area contributed by atoms with E-state index in [0.717, 1.165) is 5.56 Å². The summed E-state index contributed by atoms with van der Waals surface area (Å²) in [6, 6.07) is 11.3. The summed E-state index contributed by atoms with van der Waals surface area (Å²) >= 11 is 12.2. The lowest BCUT2D eigenvalue weighted by atomic mass is 9.95. The summed E-state index contributed by atoms with van der Waals surface area (Å²) in [5, 5.41) is 6.46. The molecule has 0 aromatic heterocycles. The Kier molecular flexibility index (Phi) is 7.24. The first-order valence-corrected chi connectivity index (χ1v) is 10.3. The molecule has 6 nitrogen and oxygen atoms in total. The number of benzene rings is 2. The van der Waals surface area contributed by atoms with Crippen molar-refractivity contribution in [2.45, 2.75) is 32.9 Å². The zero-order chi connectivity index (χ0) is 21.7. The molecule has 2 amide bonds. The van der Waals surface area contributed by atoms with Gasteiger partial charge in [-0.25, -0.2) is 9.59 Å². The molecule has 0 fully saturated rings. The average molecular weight is 449 g/mol. The minimum absolute atomic E-state index is 0.199. The van der Waals surface area contributed by atoms with Crippen molar-refractivity contribution in [1.29, 1.82) is 0 Å². The summed E-state index contributed by atoms with van der Waals surface area (Å²) in [7, 11) is 0. The van der Waals surface area contributed by atoms with E-state index in [9.17, 15) is 9.59 Å². The maximum Gasteiger partial charge on any atom is 0.338 e. The second-order valence-electron chi connectivity index (χ2n) is 6.77. The van der Waals surface area contributed by atoms with E-state index in [1.807, 2.05) is 19.1 Å². The number of hydrogen-bond acceptors (Lipinski definition) is 4. The fourth-order valence-corrected chi connectivity index (χ4v) is 3.58. The quantitative estimate of drug-likeness (QED) is 0.573. The third-order valence-corrected chi connectivity index (χ3v) is 5.14. The third-order valence-electron chi connectivity index (χ3n) is 4.55. The molecular formula is C22H22Cl2N2O4. The molecule has 158 valence electrons. The van der Waals surface area contributed by atoms with Crippen molar-refractivity contribution in [1.82, 2.24) is 10.6 Å². The molecule has 1 aliphatic heterocycles. The van der Waals surface area contributed by atoms with Crippen LogP contribution in [-0.4, -0.2) is 18.6 Å². The van der Waals surface area contributed by atoms with Crippen molar-refractivity contribution in [2.24, 2.45) is 0 Å². The summed E-state index contributed by atoms with van der Waals surface area (Å²) in [6.45, 7) is 4.08. The first-order chi connectivity index (χ1) is 14.4. The van der Waals surface area contributed by atoms with E-state index in [-0.39, 0.29) is 6.61 Å². The first-order valence-electron chi connectivity index (χ1n) is 9.51. The number of allylic oxidation sites excluding steroid dienone is 1. The Bertz CT molecular complexity index is 991. The summed E-state index contributed by atoms with van der Waals surface area (Å²) in [6.07, 6.45) is 0.698. The van der Waals surface area contributed by atoms with Gasteiger partial charge in [0.15, 0.2) is 0 Å². The number of amides is 2. The molecule has 0 aliphatic carbocycles. The van der Waals surface area contributed by atoms with Crippen molar-refractivity contribution < 1.29 is 19.1 Å². The van der Waals surface area contributed by atoms with Crippen molar-refractivity contribution in [3.05, 3.63) is 74.9 Å². The molecule has 0 spiro atoms. The maximum absolute atomic E-state index is 12.7. The SMILES string of the molecule is CCCOC(=O)C1=C(C)NC(=O)NC1c1ccccc1OCc1ccc(Cl)cc1Cl. The number of urea groups is 1. The number of halogens is 2. The van der Waals surface area contributed by atoms with E-state index in [0.29, 0.717) is 45.7 Å². The average Bonchev–Trinajstić information content (AvgIpc) is 2.71. The van der Waals surface area contributed by atoms with Crippen LogP contribution < -0.4 is 15.4 Å². The number of carbonyl (C=O) groups excluding carboxylic acids is 2. The van der Waals surface area contributed by atoms with Crippen LogP contribution in [0.4, 0.5) is 4.79 Å². The largest absolute Gasteiger partial charge is 0.488 e. The number of esters is 1. The van der Waals surface area contributed by atoms with Gasteiger partial charge in [-0.3, -0.25) is 0 Å². The van der Waals surface area contributed by atoms with Crippen LogP contribution in [0.25, 0.3) is 0 Å². The Labute approximate surface area is 185 Å². The third kappa shape index (κ3) is 5.07. The molecule has 0 saturated heterocycles. The van der Waals surface area contributed by atoms with Crippen molar-refractivity contribution >= 4 is 35.2 Å². The fraction of sp³-hybridized carbons (Fsp3) is 0.273. The lowest BCUT2D eigenvalue weighted by molar-refractivity contribution is -0.139. The van der Waals surface area contributed by atoms with Gasteiger partial charge in [-0.2, -0.15) is 0 Å². The standard InChI is InChI=1S/C22H22Cl2N2O4/c1-3-10-29-21(27)19-13(2)25-22(28)26-20(19)16-6-4-5-7-18(16)30-12-14-8-9-15(23)11-17(14)24/h4-9,11,20H,3,10,12H2,1-2H3,(H2,25,26,28). The Morgan fingerprint density at radius 2 is 1.93 bits per heavy atom. The molecule has 3 rings (SSSR count). The molecule has 0 bridgehead atoms. The van der Waals surface area contributed by atoms with E-state index in [1.165, 1.54) is 0 Å². The van der Waals surface area contributed by atoms with Gasteiger partial charge in [0.25, 0.3) is 0 Å². The highest BCUT2D eigenvalue weighted by Crippen LogP contribution is 2.34. The van der Waals surface area contributed by atoms with Crippen LogP contribution in [0, 0.1) is 0 Å². The minimum atomic E-state index is -0.708. The molecule has 0 saturated carbocycles. The highest BCUT2D eigenvalue weighted by atomic mass is 35.5. The molecule has 1 aliphatic rings. The predicted molar refractivity (Wildman–Crippen MR) is 116 cm³/mol. The molecule has 2 N–H and O–H groups in total. The Balaban J connectivity index is 1.91. The lowest BCUT2D eigenvalue weighted by Crippen LogP contribution is -2.45. The van der Waals surface area contributed by atoms with Gasteiger partial charge in [0.1, 0.15) is 12.4 Å². The topological polar surface area (TPSA) is 76.7 Å². The second-order valence-corrected chi connectivity index (χ2v) is 7.61. The van der Waals surface area contributed by atoms with Gasteiger partial charge in [-0.1, -0.05) is 54.4 Å². The number of carbonyl (C=O) groups is 2. The summed E-state index contributed by atoms with van der Waals surface area (Å²) < 4.78 is 11.3. The van der Waals surface area contributed by atoms with Gasteiger partial charge in [0.2, 0.25) is 0 Å². The van der Waals surface area contributed by atoms with E-state index in [2.05, 4.69) is 10.6 Å². The van der Waals surface area contributed by atoms with Gasteiger partial charge in [0, 0.05) is 26.9 Å². The van der Waals surface area contributed by atoms with E-state index in [4.69, 9.17) is 32.7 Å². The van der Waals surface area contributed by atoms with Crippen molar-refractivity contribution in [3.8, 4) is 5.75 Å². The second kappa shape index (κ2) is 9.87. The van der Waals surface area contributed by atoms with Gasteiger partial charge in [0.05, 0.1) is 18.2 Å². The fourth-order valence-electron chi connectivity index (χ4n) is 3.11. The van der Waals surface area contributed by atoms with Crippen LogP contribution >= 0.6 is 23.2 Å². The van der Waals surface area contributed by atoms with Crippen LogP contribution in [0.2, 0.25) is 10.0 Å². The van der Waals surface area contributed by atoms with Gasteiger partial charge in [-0.15, -0.1) is 0 Å². The number of hydrogen-bond donors (Lipinski definition) is 2. The number of nitrogens with one attached hydrogen (secondary N) is 2. The zero-order valence-corrected chi connectivity index (χ0v) is 18.1. The summed E-state index contributed by atoms with van der Waals surface area (Å²) in [5.74, 6) is 0.0340. The smallest absolute Gasteiger partial charge is 0.338 e. The van der Waals surface area contributed by atoms with Crippen molar-refractivity contribution in [2.75, 3.05) is 6.61 Å². The van der Waals surface area contributed by atoms with Crippen LogP contribution in [0.3, 0.4) is 0 Å². The monoisotopic (exact) mass is 448 g/mol. The highest BCUT2D eigenvalue weighted by Gasteiger charge is 2.33. The van der Waals surface area contributed by atoms with Crippen molar-refractivity contribution in [3.63, 3.8) is 0 Å². The van der Waals surface area contributed by atoms with E-state index >= 15 is 0 Å². The van der Waals surface area contributed by atoms with Crippen LogP contribution in [0.5, 0.6) is 5.75 Å². The van der Waals surface area contributed by atoms with Crippen LogP contribution in [-0.2, 0) is 16.1 Å². The molecule has 2 aromatic carbocycles. The van der Waals surface area contributed by atoms with Gasteiger partial charge in [-0.05, 0) is 31.5 Å². The lowest BCUT2D eigenvalue weighted by Gasteiger charge is -2.29. The highest BCUT2D eigenvalue weighted by molar-refractivity contribution is 6.35. The Hall–Kier alpha value is -2.70. The molecule has 1 atom stereocenters. The normalized spacial score (nSPS) is 16.0. The number of para-hydroxylation sites is 1. The van der Waals surface area contributed by atoms with Gasteiger partial charge < -0.3 is 20.1 Å². The summed E-state index contributed by atoms with van der Waals surface area (Å²) in [5.41, 5.74) is 2.18. The van der Waals surface area contributed by atoms with E-state index < -0.39 is 18.0 Å². The Morgan fingerprint density at radius 3 is 2.67 bits per heavy atom. The maximum atomic E-state index is 12.7. The summed E-state index contributed by atoms with van der Waals surface area (Å²) in [4.78, 5) is 24.8. The van der Waals surface area contributed by atoms with Crippen LogP contribution in [0.15, 0.2) is 53.7 Å². The minimum Gasteiger partial charge on any atom is -0.488 e. The molecule has 1 heterocycles. The molecule has 30 heavy (non-hydrogen) atoms. The first kappa shape index (κ1) is 22.0. The number of rotatable bonds is 7. The molecule has 8 heteroatoms. The van der Waals surface area contributed by atoms with Crippen LogP contribution in [0.1, 0.15) is 37.4 Å². The predicted octanol–water partition coefficient (Wildman–Crippen LogP) is 5.15. The zero-order valence-electron chi connectivity index (χ0n) is 16.6. The number of ether oxygens (including phenoxy) is 2.